The second-order valence-corrected chi connectivity index (χ2v) is 5.12. The minimum absolute atomic E-state index is 0.119. The third-order valence-corrected chi connectivity index (χ3v) is 3.63. The normalized spacial score (nSPS) is 19.1. The van der Waals surface area contributed by atoms with Crippen molar-refractivity contribution in [2.75, 3.05) is 18.1 Å². The Kier molecular flexibility index (Phi) is 3.70. The molecule has 1 aliphatic rings. The molecule has 1 unspecified atom stereocenters. The highest BCUT2D eigenvalue weighted by Crippen LogP contribution is 2.33. The van der Waals surface area contributed by atoms with E-state index < -0.39 is 0 Å². The number of para-hydroxylation sites is 2. The van der Waals surface area contributed by atoms with Crippen molar-refractivity contribution in [3.63, 3.8) is 0 Å². The van der Waals surface area contributed by atoms with Crippen LogP contribution in [0.25, 0.3) is 0 Å². The second-order valence-electron chi connectivity index (χ2n) is 5.12. The van der Waals surface area contributed by atoms with Gasteiger partial charge < -0.3 is 9.64 Å². The van der Waals surface area contributed by atoms with Crippen LogP contribution in [0.4, 0.5) is 15.8 Å². The van der Waals surface area contributed by atoms with Crippen LogP contribution in [0.15, 0.2) is 48.5 Å². The molecule has 0 spiro atoms. The van der Waals surface area contributed by atoms with Crippen molar-refractivity contribution in [3.05, 3.63) is 59.9 Å². The largest absolute Gasteiger partial charge is 0.376 e. The number of benzene rings is 2. The summed E-state index contributed by atoms with van der Waals surface area (Å²) in [4.78, 5) is 2.01. The summed E-state index contributed by atoms with van der Waals surface area (Å²) in [7, 11) is 0. The molecule has 104 valence electrons. The van der Waals surface area contributed by atoms with E-state index in [9.17, 15) is 4.39 Å². The third-order valence-electron chi connectivity index (χ3n) is 3.63. The summed E-state index contributed by atoms with van der Waals surface area (Å²) in [6.45, 7) is 3.29. The Labute approximate surface area is 118 Å². The molecule has 20 heavy (non-hydrogen) atoms. The molecule has 0 fully saturated rings. The van der Waals surface area contributed by atoms with E-state index in [4.69, 9.17) is 4.74 Å². The van der Waals surface area contributed by atoms with E-state index in [0.29, 0.717) is 18.8 Å². The zero-order valence-electron chi connectivity index (χ0n) is 11.6. The fourth-order valence-corrected chi connectivity index (χ4v) is 2.72. The molecule has 0 N–H and O–H groups in total. The maximum atomic E-state index is 14.4. The number of hydrogen-bond acceptors (Lipinski definition) is 2. The molecule has 0 radical (unpaired) electrons. The number of halogens is 1. The van der Waals surface area contributed by atoms with E-state index in [1.54, 1.807) is 6.07 Å². The molecule has 0 aromatic heterocycles. The average Bonchev–Trinajstić information content (AvgIpc) is 2.44. The number of fused-ring (bicyclic) bond motifs is 1. The number of anilines is 2. The smallest absolute Gasteiger partial charge is 0.147 e. The van der Waals surface area contributed by atoms with Gasteiger partial charge in [0, 0.05) is 18.7 Å². The number of hydrogen-bond donors (Lipinski definition) is 0. The summed E-state index contributed by atoms with van der Waals surface area (Å²) in [5.74, 6) is -0.166. The van der Waals surface area contributed by atoms with Crippen molar-refractivity contribution in [2.24, 2.45) is 0 Å². The van der Waals surface area contributed by atoms with Gasteiger partial charge in [-0.1, -0.05) is 30.3 Å². The molecule has 3 heteroatoms. The zero-order chi connectivity index (χ0) is 13.9. The lowest BCUT2D eigenvalue weighted by molar-refractivity contribution is 0.0701. The second kappa shape index (κ2) is 5.63. The molecule has 0 aliphatic carbocycles. The lowest BCUT2D eigenvalue weighted by Crippen LogP contribution is -2.30. The monoisotopic (exact) mass is 271 g/mol. The number of rotatable bonds is 1. The van der Waals surface area contributed by atoms with E-state index in [2.05, 4.69) is 0 Å². The van der Waals surface area contributed by atoms with E-state index in [1.807, 2.05) is 48.2 Å². The summed E-state index contributed by atoms with van der Waals surface area (Å²) >= 11 is 0. The molecular formula is C17H18FNO. The minimum atomic E-state index is -0.166. The first-order valence-corrected chi connectivity index (χ1v) is 6.97. The van der Waals surface area contributed by atoms with E-state index >= 15 is 0 Å². The van der Waals surface area contributed by atoms with Gasteiger partial charge >= 0.3 is 0 Å². The fraction of sp³-hybridized carbons (Fsp3) is 0.294. The summed E-state index contributed by atoms with van der Waals surface area (Å²) in [5, 5.41) is 0. The van der Waals surface area contributed by atoms with E-state index in [-0.39, 0.29) is 11.9 Å². The quantitative estimate of drug-likeness (QED) is 0.779. The number of ether oxygens (including phenoxy) is 1. The predicted octanol–water partition coefficient (Wildman–Crippen LogP) is 3.93. The van der Waals surface area contributed by atoms with Crippen LogP contribution in [0.1, 0.15) is 12.5 Å². The lowest BCUT2D eigenvalue weighted by Gasteiger charge is -2.31. The first-order chi connectivity index (χ1) is 9.75. The lowest BCUT2D eigenvalue weighted by atomic mass is 10.0. The Balaban J connectivity index is 2.10. The Bertz CT molecular complexity index is 585. The van der Waals surface area contributed by atoms with Crippen LogP contribution in [-0.4, -0.2) is 19.3 Å². The SMILES string of the molecule is CC1Cc2cccc(F)c2N(c2ccccc2)CCO1. The van der Waals surface area contributed by atoms with Gasteiger partial charge in [-0.3, -0.25) is 0 Å². The predicted molar refractivity (Wildman–Crippen MR) is 79.0 cm³/mol. The topological polar surface area (TPSA) is 12.5 Å². The van der Waals surface area contributed by atoms with Crippen molar-refractivity contribution >= 4 is 11.4 Å². The molecule has 0 bridgehead atoms. The maximum Gasteiger partial charge on any atom is 0.147 e. The molecule has 1 heterocycles. The first kappa shape index (κ1) is 13.1. The van der Waals surface area contributed by atoms with Crippen LogP contribution in [0, 0.1) is 5.82 Å². The van der Waals surface area contributed by atoms with Crippen LogP contribution in [0.3, 0.4) is 0 Å². The highest BCUT2D eigenvalue weighted by molar-refractivity contribution is 5.67. The zero-order valence-corrected chi connectivity index (χ0v) is 11.6. The van der Waals surface area contributed by atoms with Gasteiger partial charge in [-0.05, 0) is 30.7 Å². The summed E-state index contributed by atoms with van der Waals surface area (Å²) in [6.07, 6.45) is 0.852. The van der Waals surface area contributed by atoms with Gasteiger partial charge in [0.2, 0.25) is 0 Å². The highest BCUT2D eigenvalue weighted by atomic mass is 19.1. The van der Waals surface area contributed by atoms with Crippen LogP contribution in [0.5, 0.6) is 0 Å². The summed E-state index contributed by atoms with van der Waals surface area (Å²) in [5.41, 5.74) is 2.69. The first-order valence-electron chi connectivity index (χ1n) is 6.97. The molecule has 1 aliphatic heterocycles. The van der Waals surface area contributed by atoms with Crippen molar-refractivity contribution < 1.29 is 9.13 Å². The van der Waals surface area contributed by atoms with Crippen LogP contribution in [-0.2, 0) is 11.2 Å². The Hall–Kier alpha value is -1.87. The molecule has 2 aromatic carbocycles. The van der Waals surface area contributed by atoms with E-state index in [1.165, 1.54) is 6.07 Å². The summed E-state index contributed by atoms with van der Waals surface area (Å²) in [6, 6.07) is 15.2. The standard InChI is InChI=1S/C17H18FNO/c1-13-12-14-6-5-9-16(18)17(14)19(10-11-20-13)15-7-3-2-4-8-15/h2-9,13H,10-12H2,1H3. The molecule has 0 saturated carbocycles. The molecule has 0 amide bonds. The van der Waals surface area contributed by atoms with Gasteiger partial charge in [0.1, 0.15) is 5.82 Å². The highest BCUT2D eigenvalue weighted by Gasteiger charge is 2.21. The van der Waals surface area contributed by atoms with E-state index in [0.717, 1.165) is 17.7 Å². The maximum absolute atomic E-state index is 14.4. The fourth-order valence-electron chi connectivity index (χ4n) is 2.72. The Morgan fingerprint density at radius 2 is 1.90 bits per heavy atom. The van der Waals surface area contributed by atoms with Crippen molar-refractivity contribution in [3.8, 4) is 0 Å². The molecule has 2 aromatic rings. The van der Waals surface area contributed by atoms with Crippen LogP contribution >= 0.6 is 0 Å². The van der Waals surface area contributed by atoms with Crippen molar-refractivity contribution in [1.82, 2.24) is 0 Å². The Morgan fingerprint density at radius 1 is 1.10 bits per heavy atom. The average molecular weight is 271 g/mol. The van der Waals surface area contributed by atoms with Crippen molar-refractivity contribution in [2.45, 2.75) is 19.4 Å². The molecule has 2 nitrogen and oxygen atoms in total. The van der Waals surface area contributed by atoms with Gasteiger partial charge in [0.25, 0.3) is 0 Å². The molecule has 1 atom stereocenters. The van der Waals surface area contributed by atoms with Gasteiger partial charge in [-0.15, -0.1) is 0 Å². The number of nitrogens with zero attached hydrogens (tertiary/aromatic N) is 1. The van der Waals surface area contributed by atoms with Gasteiger partial charge in [-0.2, -0.15) is 0 Å². The molecular weight excluding hydrogens is 253 g/mol. The minimum Gasteiger partial charge on any atom is -0.376 e. The van der Waals surface area contributed by atoms with Gasteiger partial charge in [-0.25, -0.2) is 4.39 Å². The van der Waals surface area contributed by atoms with Crippen LogP contribution < -0.4 is 4.90 Å². The van der Waals surface area contributed by atoms with Gasteiger partial charge in [0.05, 0.1) is 18.4 Å². The molecule has 3 rings (SSSR count). The van der Waals surface area contributed by atoms with Crippen LogP contribution in [0.2, 0.25) is 0 Å². The summed E-state index contributed by atoms with van der Waals surface area (Å²) < 4.78 is 20.1. The molecule has 0 saturated heterocycles. The van der Waals surface area contributed by atoms with Gasteiger partial charge in [0.15, 0.2) is 0 Å². The van der Waals surface area contributed by atoms with Crippen molar-refractivity contribution in [1.29, 1.82) is 0 Å². The Morgan fingerprint density at radius 3 is 2.70 bits per heavy atom. The third kappa shape index (κ3) is 2.54.